The van der Waals surface area contributed by atoms with Gasteiger partial charge in [0.25, 0.3) is 0 Å². The molecule has 2 atom stereocenters. The van der Waals surface area contributed by atoms with Crippen LogP contribution in [0.1, 0.15) is 59.8 Å². The van der Waals surface area contributed by atoms with E-state index in [0.29, 0.717) is 23.8 Å². The molecule has 1 rings (SSSR count). The van der Waals surface area contributed by atoms with Crippen LogP contribution in [0.5, 0.6) is 0 Å². The molecule has 2 unspecified atom stereocenters. The Balaban J connectivity index is 2.59. The zero-order valence-corrected chi connectivity index (χ0v) is 10.6. The van der Waals surface area contributed by atoms with Crippen LogP contribution in [0.25, 0.3) is 0 Å². The normalized spacial score (nSPS) is 29.9. The van der Waals surface area contributed by atoms with Crippen LogP contribution in [0, 0.1) is 11.3 Å². The minimum atomic E-state index is 0.205. The summed E-state index contributed by atoms with van der Waals surface area (Å²) in [5.74, 6) is 0.893. The molecule has 1 fully saturated rings. The third-order valence-electron chi connectivity index (χ3n) is 3.73. The third kappa shape index (κ3) is 3.51. The first-order chi connectivity index (χ1) is 6.98. The average Bonchev–Trinajstić information content (AvgIpc) is 2.17. The fourth-order valence-corrected chi connectivity index (χ4v) is 2.61. The lowest BCUT2D eigenvalue weighted by Crippen LogP contribution is -2.45. The summed E-state index contributed by atoms with van der Waals surface area (Å²) < 4.78 is 0. The van der Waals surface area contributed by atoms with E-state index in [9.17, 15) is 4.79 Å². The zero-order valence-electron chi connectivity index (χ0n) is 10.6. The van der Waals surface area contributed by atoms with E-state index >= 15 is 0 Å². The first-order valence-electron chi connectivity index (χ1n) is 6.28. The van der Waals surface area contributed by atoms with Crippen molar-refractivity contribution in [2.24, 2.45) is 11.3 Å². The van der Waals surface area contributed by atoms with E-state index in [2.05, 4.69) is 26.1 Å². The van der Waals surface area contributed by atoms with E-state index in [0.717, 1.165) is 6.42 Å². The molecular weight excluding hydrogens is 186 g/mol. The number of nitrogens with one attached hydrogen (secondary N) is 1. The Kier molecular flexibility index (Phi) is 4.18. The highest BCUT2D eigenvalue weighted by Gasteiger charge is 2.34. The summed E-state index contributed by atoms with van der Waals surface area (Å²) in [6.07, 6.45) is 5.48. The van der Waals surface area contributed by atoms with Gasteiger partial charge >= 0.3 is 0 Å². The number of amides is 1. The Morgan fingerprint density at radius 1 is 1.40 bits per heavy atom. The van der Waals surface area contributed by atoms with Crippen LogP contribution < -0.4 is 5.32 Å². The van der Waals surface area contributed by atoms with Gasteiger partial charge in [-0.15, -0.1) is 0 Å². The fraction of sp³-hybridized carbons (Fsp3) is 0.923. The molecule has 0 aromatic heterocycles. The molecule has 1 aliphatic carbocycles. The molecule has 0 saturated heterocycles. The van der Waals surface area contributed by atoms with Crippen molar-refractivity contribution >= 4 is 5.91 Å². The molecule has 0 radical (unpaired) electrons. The molecule has 2 heteroatoms. The van der Waals surface area contributed by atoms with Crippen molar-refractivity contribution in [2.45, 2.75) is 65.8 Å². The monoisotopic (exact) mass is 211 g/mol. The second-order valence-electron chi connectivity index (χ2n) is 5.60. The molecule has 0 aliphatic heterocycles. The van der Waals surface area contributed by atoms with E-state index in [1.807, 2.05) is 6.92 Å². The lowest BCUT2D eigenvalue weighted by Gasteiger charge is -2.40. The van der Waals surface area contributed by atoms with Gasteiger partial charge in [-0.25, -0.2) is 0 Å². The first kappa shape index (κ1) is 12.5. The minimum absolute atomic E-state index is 0.205. The van der Waals surface area contributed by atoms with Crippen molar-refractivity contribution in [3.05, 3.63) is 0 Å². The highest BCUT2D eigenvalue weighted by atomic mass is 16.1. The summed E-state index contributed by atoms with van der Waals surface area (Å²) in [7, 11) is 0. The fourth-order valence-electron chi connectivity index (χ4n) is 2.61. The lowest BCUT2D eigenvalue weighted by atomic mass is 9.69. The molecule has 1 amide bonds. The van der Waals surface area contributed by atoms with E-state index in [1.165, 1.54) is 19.3 Å². The first-order valence-corrected chi connectivity index (χ1v) is 6.28. The van der Waals surface area contributed by atoms with E-state index in [1.54, 1.807) is 0 Å². The van der Waals surface area contributed by atoms with Gasteiger partial charge in [-0.3, -0.25) is 4.79 Å². The molecule has 0 aromatic carbocycles. The maximum atomic E-state index is 11.4. The molecule has 1 aliphatic rings. The van der Waals surface area contributed by atoms with Gasteiger partial charge in [-0.2, -0.15) is 0 Å². The summed E-state index contributed by atoms with van der Waals surface area (Å²) in [6.45, 7) is 8.77. The SMILES string of the molecule is CCC(=O)NC1CC(C)(C)CCC1CC. The Hall–Kier alpha value is -0.530. The lowest BCUT2D eigenvalue weighted by molar-refractivity contribution is -0.122. The van der Waals surface area contributed by atoms with Gasteiger partial charge in [0, 0.05) is 12.5 Å². The predicted molar refractivity (Wildman–Crippen MR) is 63.6 cm³/mol. The van der Waals surface area contributed by atoms with Crippen molar-refractivity contribution in [1.29, 1.82) is 0 Å². The van der Waals surface area contributed by atoms with E-state index < -0.39 is 0 Å². The zero-order chi connectivity index (χ0) is 11.5. The molecule has 1 N–H and O–H groups in total. The largest absolute Gasteiger partial charge is 0.353 e. The number of carbonyl (C=O) groups is 1. The standard InChI is InChI=1S/C13H25NO/c1-5-10-7-8-13(3,4)9-11(10)14-12(15)6-2/h10-11H,5-9H2,1-4H3,(H,14,15). The van der Waals surface area contributed by atoms with Gasteiger partial charge in [-0.1, -0.05) is 34.1 Å². The number of carbonyl (C=O) groups excluding carboxylic acids is 1. The Bertz CT molecular complexity index is 223. The molecule has 0 spiro atoms. The Labute approximate surface area is 93.8 Å². The molecule has 88 valence electrons. The number of rotatable bonds is 3. The Morgan fingerprint density at radius 2 is 2.07 bits per heavy atom. The van der Waals surface area contributed by atoms with Crippen LogP contribution >= 0.6 is 0 Å². The van der Waals surface area contributed by atoms with Crippen molar-refractivity contribution in [3.63, 3.8) is 0 Å². The van der Waals surface area contributed by atoms with Crippen molar-refractivity contribution in [2.75, 3.05) is 0 Å². The van der Waals surface area contributed by atoms with Crippen molar-refractivity contribution in [1.82, 2.24) is 5.32 Å². The average molecular weight is 211 g/mol. The van der Waals surface area contributed by atoms with Crippen molar-refractivity contribution < 1.29 is 4.79 Å². The molecule has 15 heavy (non-hydrogen) atoms. The molecule has 1 saturated carbocycles. The van der Waals surface area contributed by atoms with Gasteiger partial charge in [0.15, 0.2) is 0 Å². The van der Waals surface area contributed by atoms with Crippen LogP contribution in [0.3, 0.4) is 0 Å². The molecular formula is C13H25NO. The quantitative estimate of drug-likeness (QED) is 0.763. The maximum Gasteiger partial charge on any atom is 0.219 e. The van der Waals surface area contributed by atoms with Crippen LogP contribution in [-0.2, 0) is 4.79 Å². The molecule has 0 aromatic rings. The van der Waals surface area contributed by atoms with Gasteiger partial charge < -0.3 is 5.32 Å². The minimum Gasteiger partial charge on any atom is -0.353 e. The predicted octanol–water partition coefficient (Wildman–Crippen LogP) is 3.12. The summed E-state index contributed by atoms with van der Waals surface area (Å²) in [5, 5.41) is 3.19. The number of hydrogen-bond donors (Lipinski definition) is 1. The van der Waals surface area contributed by atoms with Crippen LogP contribution in [0.4, 0.5) is 0 Å². The van der Waals surface area contributed by atoms with E-state index in [4.69, 9.17) is 0 Å². The summed E-state index contributed by atoms with van der Waals surface area (Å²) in [5.41, 5.74) is 0.400. The maximum absolute atomic E-state index is 11.4. The molecule has 0 heterocycles. The second kappa shape index (κ2) is 5.00. The van der Waals surface area contributed by atoms with E-state index in [-0.39, 0.29) is 5.91 Å². The summed E-state index contributed by atoms with van der Waals surface area (Å²) >= 11 is 0. The smallest absolute Gasteiger partial charge is 0.219 e. The van der Waals surface area contributed by atoms with Crippen molar-refractivity contribution in [3.8, 4) is 0 Å². The molecule has 0 bridgehead atoms. The Morgan fingerprint density at radius 3 is 2.60 bits per heavy atom. The highest BCUT2D eigenvalue weighted by Crippen LogP contribution is 2.39. The molecule has 2 nitrogen and oxygen atoms in total. The van der Waals surface area contributed by atoms with Gasteiger partial charge in [0.05, 0.1) is 0 Å². The topological polar surface area (TPSA) is 29.1 Å². The summed E-state index contributed by atoms with van der Waals surface area (Å²) in [4.78, 5) is 11.4. The van der Waals surface area contributed by atoms with Crippen LogP contribution in [0.15, 0.2) is 0 Å². The van der Waals surface area contributed by atoms with Crippen LogP contribution in [0.2, 0.25) is 0 Å². The number of hydrogen-bond acceptors (Lipinski definition) is 1. The second-order valence-corrected chi connectivity index (χ2v) is 5.60. The van der Waals surface area contributed by atoms with Gasteiger partial charge in [-0.05, 0) is 30.6 Å². The van der Waals surface area contributed by atoms with Gasteiger partial charge in [0.2, 0.25) is 5.91 Å². The highest BCUT2D eigenvalue weighted by molar-refractivity contribution is 5.75. The summed E-state index contributed by atoms with van der Waals surface area (Å²) in [6, 6.07) is 0.409. The van der Waals surface area contributed by atoms with Crippen LogP contribution in [-0.4, -0.2) is 11.9 Å². The third-order valence-corrected chi connectivity index (χ3v) is 3.73. The van der Waals surface area contributed by atoms with Gasteiger partial charge in [0.1, 0.15) is 0 Å².